The Morgan fingerprint density at radius 3 is 2.21 bits per heavy atom. The molecule has 0 saturated heterocycles. The summed E-state index contributed by atoms with van der Waals surface area (Å²) in [7, 11) is 0. The number of thiocarbonyl (C=S) groups is 1. The molecule has 0 bridgehead atoms. The molecule has 1 heterocycles. The molecule has 1 aliphatic heterocycles. The van der Waals surface area contributed by atoms with Gasteiger partial charge in [-0.3, -0.25) is 19.3 Å². The summed E-state index contributed by atoms with van der Waals surface area (Å²) in [6, 6.07) is 14.5. The summed E-state index contributed by atoms with van der Waals surface area (Å²) in [5, 5.41) is 5.97. The van der Waals surface area contributed by atoms with Crippen molar-refractivity contribution in [3.63, 3.8) is 0 Å². The Morgan fingerprint density at radius 1 is 0.931 bits per heavy atom. The molecule has 1 aliphatic rings. The molecule has 29 heavy (non-hydrogen) atoms. The van der Waals surface area contributed by atoms with Gasteiger partial charge in [-0.05, 0) is 55.7 Å². The van der Waals surface area contributed by atoms with E-state index in [9.17, 15) is 14.4 Å². The second-order valence-corrected chi connectivity index (χ2v) is 7.34. The molecular weight excluding hydrogens is 386 g/mol. The lowest BCUT2D eigenvalue weighted by atomic mass is 10.1. The molecule has 0 unspecified atom stereocenters. The van der Waals surface area contributed by atoms with Crippen molar-refractivity contribution >= 4 is 40.7 Å². The molecule has 0 fully saturated rings. The molecule has 150 valence electrons. The van der Waals surface area contributed by atoms with Crippen LogP contribution in [0.25, 0.3) is 0 Å². The molecule has 2 N–H and O–H groups in total. The van der Waals surface area contributed by atoms with E-state index in [1.807, 2.05) is 31.2 Å². The third kappa shape index (κ3) is 5.06. The van der Waals surface area contributed by atoms with Gasteiger partial charge in [0.2, 0.25) is 5.91 Å². The number of aryl methyl sites for hydroxylation is 1. The van der Waals surface area contributed by atoms with Crippen molar-refractivity contribution in [3.8, 4) is 0 Å². The van der Waals surface area contributed by atoms with Crippen molar-refractivity contribution in [3.05, 3.63) is 65.2 Å². The number of imide groups is 1. The van der Waals surface area contributed by atoms with Crippen molar-refractivity contribution < 1.29 is 14.4 Å². The molecule has 3 amide bonds. The zero-order chi connectivity index (χ0) is 20.8. The number of benzene rings is 2. The Labute approximate surface area is 175 Å². The first-order valence-electron chi connectivity index (χ1n) is 9.59. The molecule has 2 aromatic carbocycles. The molecule has 0 atom stereocenters. The predicted molar refractivity (Wildman–Crippen MR) is 116 cm³/mol. The summed E-state index contributed by atoms with van der Waals surface area (Å²) in [6.45, 7) is 2.32. The van der Waals surface area contributed by atoms with Crippen LogP contribution in [0, 0.1) is 6.92 Å². The zero-order valence-electron chi connectivity index (χ0n) is 16.2. The van der Waals surface area contributed by atoms with E-state index in [1.54, 1.807) is 24.3 Å². The highest BCUT2D eigenvalue weighted by molar-refractivity contribution is 7.80. The smallest absolute Gasteiger partial charge is 0.261 e. The van der Waals surface area contributed by atoms with E-state index >= 15 is 0 Å². The second kappa shape index (κ2) is 9.43. The normalized spacial score (nSPS) is 12.7. The van der Waals surface area contributed by atoms with Crippen LogP contribution in [-0.2, 0) is 4.79 Å². The number of amides is 3. The largest absolute Gasteiger partial charge is 0.332 e. The van der Waals surface area contributed by atoms with Gasteiger partial charge in [0.25, 0.3) is 11.8 Å². The van der Waals surface area contributed by atoms with Gasteiger partial charge in [0, 0.05) is 18.7 Å². The molecule has 3 rings (SSSR count). The van der Waals surface area contributed by atoms with Gasteiger partial charge >= 0.3 is 0 Å². The van der Waals surface area contributed by atoms with Crippen LogP contribution in [0.4, 0.5) is 5.69 Å². The van der Waals surface area contributed by atoms with E-state index in [4.69, 9.17) is 12.2 Å². The van der Waals surface area contributed by atoms with E-state index in [1.165, 1.54) is 4.90 Å². The van der Waals surface area contributed by atoms with Crippen LogP contribution in [-0.4, -0.2) is 34.3 Å². The van der Waals surface area contributed by atoms with E-state index in [0.29, 0.717) is 36.9 Å². The fourth-order valence-corrected chi connectivity index (χ4v) is 3.45. The Hall–Kier alpha value is -3.06. The van der Waals surface area contributed by atoms with Gasteiger partial charge in [0.05, 0.1) is 11.1 Å². The maximum atomic E-state index is 12.3. The predicted octanol–water partition coefficient (Wildman–Crippen LogP) is 3.66. The van der Waals surface area contributed by atoms with E-state index in [2.05, 4.69) is 10.6 Å². The summed E-state index contributed by atoms with van der Waals surface area (Å²) < 4.78 is 0. The van der Waals surface area contributed by atoms with Gasteiger partial charge in [-0.15, -0.1) is 0 Å². The third-order valence-electron chi connectivity index (χ3n) is 4.81. The minimum atomic E-state index is -0.240. The number of anilines is 1. The average Bonchev–Trinajstić information content (AvgIpc) is 2.94. The second-order valence-electron chi connectivity index (χ2n) is 6.94. The Balaban J connectivity index is 1.35. The molecule has 0 saturated carbocycles. The van der Waals surface area contributed by atoms with Crippen LogP contribution in [0.3, 0.4) is 0 Å². The molecule has 6 nitrogen and oxygen atoms in total. The average molecular weight is 410 g/mol. The summed E-state index contributed by atoms with van der Waals surface area (Å²) in [6.07, 6.45) is 2.38. The third-order valence-corrected chi connectivity index (χ3v) is 5.01. The van der Waals surface area contributed by atoms with Crippen molar-refractivity contribution in [1.82, 2.24) is 10.2 Å². The van der Waals surface area contributed by atoms with Crippen LogP contribution in [0.1, 0.15) is 52.0 Å². The Bertz CT molecular complexity index is 923. The van der Waals surface area contributed by atoms with Crippen molar-refractivity contribution in [1.29, 1.82) is 0 Å². The minimum Gasteiger partial charge on any atom is -0.332 e. The molecule has 0 radical (unpaired) electrons. The SMILES string of the molecule is Cc1ccccc1NC(=S)NC(=O)CCCCCN1C(=O)c2ccccc2C1=O. The maximum absolute atomic E-state index is 12.3. The lowest BCUT2D eigenvalue weighted by Crippen LogP contribution is -2.34. The Kier molecular flexibility index (Phi) is 6.72. The first-order chi connectivity index (χ1) is 14.0. The molecule has 0 spiro atoms. The van der Waals surface area contributed by atoms with Gasteiger partial charge in [-0.25, -0.2) is 0 Å². The van der Waals surface area contributed by atoms with Crippen LogP contribution >= 0.6 is 12.2 Å². The lowest BCUT2D eigenvalue weighted by molar-refractivity contribution is -0.119. The van der Waals surface area contributed by atoms with E-state index in [-0.39, 0.29) is 22.8 Å². The van der Waals surface area contributed by atoms with Gasteiger partial charge in [-0.2, -0.15) is 0 Å². The molecular formula is C22H23N3O3S. The number of hydrogen-bond donors (Lipinski definition) is 2. The highest BCUT2D eigenvalue weighted by Crippen LogP contribution is 2.22. The standard InChI is InChI=1S/C22H23N3O3S/c1-15-9-4-7-12-18(15)23-22(29)24-19(26)13-3-2-8-14-25-20(27)16-10-5-6-11-17(16)21(25)28/h4-7,9-12H,2-3,8,13-14H2,1H3,(H2,23,24,26,29). The number of rotatable bonds is 7. The number of nitrogens with zero attached hydrogens (tertiary/aromatic N) is 1. The first-order valence-corrected chi connectivity index (χ1v) is 10.00. The monoisotopic (exact) mass is 409 g/mol. The Morgan fingerprint density at radius 2 is 1.55 bits per heavy atom. The zero-order valence-corrected chi connectivity index (χ0v) is 17.1. The summed E-state index contributed by atoms with van der Waals surface area (Å²) in [5.74, 6) is -0.635. The highest BCUT2D eigenvalue weighted by Gasteiger charge is 2.34. The molecule has 0 aromatic heterocycles. The van der Waals surface area contributed by atoms with Crippen molar-refractivity contribution in [2.45, 2.75) is 32.6 Å². The molecule has 7 heteroatoms. The first kappa shape index (κ1) is 20.7. The fourth-order valence-electron chi connectivity index (χ4n) is 3.23. The number of unbranched alkanes of at least 4 members (excludes halogenated alkanes) is 2. The minimum absolute atomic E-state index is 0.156. The summed E-state index contributed by atoms with van der Waals surface area (Å²) in [4.78, 5) is 37.9. The van der Waals surface area contributed by atoms with E-state index in [0.717, 1.165) is 17.7 Å². The number of nitrogens with one attached hydrogen (secondary N) is 2. The molecule has 2 aromatic rings. The van der Waals surface area contributed by atoms with Crippen LogP contribution in [0.2, 0.25) is 0 Å². The number of carbonyl (C=O) groups excluding carboxylic acids is 3. The summed E-state index contributed by atoms with van der Waals surface area (Å²) >= 11 is 5.18. The van der Waals surface area contributed by atoms with Crippen molar-refractivity contribution in [2.24, 2.45) is 0 Å². The van der Waals surface area contributed by atoms with Gasteiger partial charge in [-0.1, -0.05) is 36.8 Å². The topological polar surface area (TPSA) is 78.5 Å². The number of carbonyl (C=O) groups is 3. The number of para-hydroxylation sites is 1. The van der Waals surface area contributed by atoms with Crippen LogP contribution < -0.4 is 10.6 Å². The maximum Gasteiger partial charge on any atom is 0.261 e. The molecule has 0 aliphatic carbocycles. The van der Waals surface area contributed by atoms with E-state index < -0.39 is 0 Å². The van der Waals surface area contributed by atoms with Crippen LogP contribution in [0.5, 0.6) is 0 Å². The van der Waals surface area contributed by atoms with Crippen LogP contribution in [0.15, 0.2) is 48.5 Å². The highest BCUT2D eigenvalue weighted by atomic mass is 32.1. The van der Waals surface area contributed by atoms with Crippen molar-refractivity contribution in [2.75, 3.05) is 11.9 Å². The van der Waals surface area contributed by atoms with Gasteiger partial charge < -0.3 is 10.6 Å². The summed E-state index contributed by atoms with van der Waals surface area (Å²) in [5.41, 5.74) is 2.83. The van der Waals surface area contributed by atoms with Gasteiger partial charge in [0.15, 0.2) is 5.11 Å². The number of hydrogen-bond acceptors (Lipinski definition) is 4. The number of fused-ring (bicyclic) bond motifs is 1. The fraction of sp³-hybridized carbons (Fsp3) is 0.273. The van der Waals surface area contributed by atoms with Gasteiger partial charge in [0.1, 0.15) is 0 Å². The quantitative estimate of drug-likeness (QED) is 0.414. The lowest BCUT2D eigenvalue weighted by Gasteiger charge is -2.13.